The number of carbonyl (C=O) groups is 1. The van der Waals surface area contributed by atoms with Gasteiger partial charge in [0.2, 0.25) is 5.91 Å². The molecule has 0 bridgehead atoms. The second-order valence-electron chi connectivity index (χ2n) is 6.62. The molecule has 0 aliphatic carbocycles. The summed E-state index contributed by atoms with van der Waals surface area (Å²) in [7, 11) is 0. The minimum atomic E-state index is -2.67. The van der Waals surface area contributed by atoms with Gasteiger partial charge in [-0.15, -0.1) is 0 Å². The van der Waals surface area contributed by atoms with Gasteiger partial charge in [0.25, 0.3) is 0 Å². The normalized spacial score (nSPS) is 22.5. The van der Waals surface area contributed by atoms with Crippen LogP contribution in [-0.2, 0) is 11.2 Å². The number of nitrogens with zero attached hydrogens (tertiary/aromatic N) is 4. The van der Waals surface area contributed by atoms with Crippen LogP contribution in [0.2, 0.25) is 0 Å². The number of carbonyl (C=O) groups excluding carboxylic acids is 1. The van der Waals surface area contributed by atoms with Gasteiger partial charge in [-0.3, -0.25) is 9.69 Å². The van der Waals surface area contributed by atoms with E-state index in [1.54, 1.807) is 13.8 Å². The van der Waals surface area contributed by atoms with E-state index < -0.39 is 6.55 Å². The number of aromatic nitrogens is 2. The third-order valence-corrected chi connectivity index (χ3v) is 5.17. The number of likely N-dealkylation sites (tertiary alicyclic amines) is 1. The molecule has 3 rings (SSSR count). The predicted molar refractivity (Wildman–Crippen MR) is 86.1 cm³/mol. The molecule has 0 spiro atoms. The molecule has 1 aromatic rings. The Morgan fingerprint density at radius 2 is 2.00 bits per heavy atom. The van der Waals surface area contributed by atoms with Crippen LogP contribution >= 0.6 is 0 Å². The van der Waals surface area contributed by atoms with Crippen LogP contribution in [0.1, 0.15) is 29.9 Å². The molecule has 0 saturated carbocycles. The molecule has 2 fully saturated rings. The number of amides is 1. The zero-order chi connectivity index (χ0) is 17.3. The van der Waals surface area contributed by atoms with Crippen LogP contribution in [0.5, 0.6) is 0 Å². The molecule has 134 valence electrons. The first-order valence-electron chi connectivity index (χ1n) is 8.52. The average Bonchev–Trinajstić information content (AvgIpc) is 3.16. The lowest BCUT2D eigenvalue weighted by molar-refractivity contribution is -0.129. The summed E-state index contributed by atoms with van der Waals surface area (Å²) in [5.74, 6) is 0.00708. The van der Waals surface area contributed by atoms with Crippen molar-refractivity contribution in [2.75, 3.05) is 39.3 Å². The average molecular weight is 341 g/mol. The quantitative estimate of drug-likeness (QED) is 0.886. The van der Waals surface area contributed by atoms with Crippen LogP contribution in [0.4, 0.5) is 8.78 Å². The van der Waals surface area contributed by atoms with E-state index in [1.807, 2.05) is 4.90 Å². The Kier molecular flexibility index (Phi) is 5.15. The largest absolute Gasteiger partial charge is 0.341 e. The number of hydrogen-bond acceptors (Lipinski definition) is 4. The lowest BCUT2D eigenvalue weighted by Gasteiger charge is -2.32. The minimum absolute atomic E-state index is 0.00708. The fourth-order valence-corrected chi connectivity index (χ4v) is 3.72. The first kappa shape index (κ1) is 17.3. The molecule has 0 aromatic carbocycles. The Labute approximate surface area is 140 Å². The molecule has 2 aliphatic rings. The number of halogens is 2. The maximum atomic E-state index is 12.9. The fourth-order valence-electron chi connectivity index (χ4n) is 3.72. The van der Waals surface area contributed by atoms with Gasteiger partial charge in [0.1, 0.15) is 0 Å². The standard InChI is InChI=1S/C16H25F2N5O/c1-11-14(12(2)23(20-11)16(17)18)9-15(24)22-6-3-13(10-22)21-7-4-19-5-8-21/h13,16,19H,3-10H2,1-2H3. The summed E-state index contributed by atoms with van der Waals surface area (Å²) in [5, 5.41) is 7.19. The maximum Gasteiger partial charge on any atom is 0.333 e. The molecule has 8 heteroatoms. The van der Waals surface area contributed by atoms with Gasteiger partial charge < -0.3 is 10.2 Å². The van der Waals surface area contributed by atoms with Crippen molar-refractivity contribution < 1.29 is 13.6 Å². The Hall–Kier alpha value is -1.54. The van der Waals surface area contributed by atoms with Crippen molar-refractivity contribution in [3.63, 3.8) is 0 Å². The Balaban J connectivity index is 1.62. The van der Waals surface area contributed by atoms with Crippen LogP contribution < -0.4 is 5.32 Å². The van der Waals surface area contributed by atoms with Gasteiger partial charge >= 0.3 is 6.55 Å². The number of piperazine rings is 1. The van der Waals surface area contributed by atoms with Gasteiger partial charge in [-0.05, 0) is 20.3 Å². The van der Waals surface area contributed by atoms with Gasteiger partial charge in [-0.25, -0.2) is 4.68 Å². The highest BCUT2D eigenvalue weighted by Crippen LogP contribution is 2.22. The minimum Gasteiger partial charge on any atom is -0.341 e. The number of nitrogens with one attached hydrogen (secondary N) is 1. The van der Waals surface area contributed by atoms with E-state index >= 15 is 0 Å². The third kappa shape index (κ3) is 3.44. The van der Waals surface area contributed by atoms with Crippen LogP contribution in [-0.4, -0.2) is 70.8 Å². The van der Waals surface area contributed by atoms with Crippen molar-refractivity contribution in [2.24, 2.45) is 0 Å². The highest BCUT2D eigenvalue weighted by Gasteiger charge is 2.31. The third-order valence-electron chi connectivity index (χ3n) is 5.17. The summed E-state index contributed by atoms with van der Waals surface area (Å²) in [4.78, 5) is 16.9. The topological polar surface area (TPSA) is 53.4 Å². The lowest BCUT2D eigenvalue weighted by Crippen LogP contribution is -2.49. The zero-order valence-corrected chi connectivity index (χ0v) is 14.3. The molecular weight excluding hydrogens is 316 g/mol. The smallest absolute Gasteiger partial charge is 0.333 e. The van der Waals surface area contributed by atoms with Crippen molar-refractivity contribution in [1.82, 2.24) is 24.9 Å². The van der Waals surface area contributed by atoms with Crippen molar-refractivity contribution in [3.8, 4) is 0 Å². The van der Waals surface area contributed by atoms with Crippen LogP contribution in [0.15, 0.2) is 0 Å². The fraction of sp³-hybridized carbons (Fsp3) is 0.750. The van der Waals surface area contributed by atoms with Gasteiger partial charge in [-0.1, -0.05) is 0 Å². The summed E-state index contributed by atoms with van der Waals surface area (Å²) in [5.41, 5.74) is 1.53. The highest BCUT2D eigenvalue weighted by atomic mass is 19.3. The van der Waals surface area contributed by atoms with Crippen molar-refractivity contribution in [2.45, 2.75) is 39.3 Å². The molecular formula is C16H25F2N5O. The van der Waals surface area contributed by atoms with E-state index in [-0.39, 0.29) is 12.3 Å². The van der Waals surface area contributed by atoms with E-state index in [2.05, 4.69) is 15.3 Å². The van der Waals surface area contributed by atoms with Gasteiger partial charge in [0.05, 0.1) is 12.1 Å². The maximum absolute atomic E-state index is 12.9. The predicted octanol–water partition coefficient (Wildman–Crippen LogP) is 0.944. The molecule has 6 nitrogen and oxygen atoms in total. The number of alkyl halides is 2. The zero-order valence-electron chi connectivity index (χ0n) is 14.3. The molecule has 1 N–H and O–H groups in total. The first-order chi connectivity index (χ1) is 11.5. The highest BCUT2D eigenvalue weighted by molar-refractivity contribution is 5.79. The van der Waals surface area contributed by atoms with E-state index in [4.69, 9.17) is 0 Å². The molecule has 1 atom stereocenters. The Morgan fingerprint density at radius 1 is 1.29 bits per heavy atom. The number of rotatable bonds is 4. The SMILES string of the molecule is Cc1nn(C(F)F)c(C)c1CC(=O)N1CCC(N2CCNCC2)C1. The van der Waals surface area contributed by atoms with Gasteiger partial charge in [0, 0.05) is 56.6 Å². The Bertz CT molecular complexity index is 598. The summed E-state index contributed by atoms with van der Waals surface area (Å²) >= 11 is 0. The second kappa shape index (κ2) is 7.14. The molecule has 24 heavy (non-hydrogen) atoms. The van der Waals surface area contributed by atoms with Crippen molar-refractivity contribution >= 4 is 5.91 Å². The lowest BCUT2D eigenvalue weighted by atomic mass is 10.1. The summed E-state index contributed by atoms with van der Waals surface area (Å²) in [6.07, 6.45) is 1.14. The molecule has 1 aromatic heterocycles. The summed E-state index contributed by atoms with van der Waals surface area (Å²) in [6.45, 7) is 6.12. The van der Waals surface area contributed by atoms with E-state index in [0.29, 0.717) is 27.7 Å². The van der Waals surface area contributed by atoms with Crippen LogP contribution in [0, 0.1) is 13.8 Å². The van der Waals surface area contributed by atoms with Gasteiger partial charge in [-0.2, -0.15) is 13.9 Å². The number of aryl methyl sites for hydroxylation is 1. The first-order valence-corrected chi connectivity index (χ1v) is 8.52. The summed E-state index contributed by atoms with van der Waals surface area (Å²) < 4.78 is 26.5. The molecule has 3 heterocycles. The van der Waals surface area contributed by atoms with Crippen LogP contribution in [0.25, 0.3) is 0 Å². The van der Waals surface area contributed by atoms with Crippen molar-refractivity contribution in [1.29, 1.82) is 0 Å². The van der Waals surface area contributed by atoms with Crippen LogP contribution in [0.3, 0.4) is 0 Å². The van der Waals surface area contributed by atoms with E-state index in [1.165, 1.54) is 0 Å². The van der Waals surface area contributed by atoms with E-state index in [9.17, 15) is 13.6 Å². The van der Waals surface area contributed by atoms with Crippen molar-refractivity contribution in [3.05, 3.63) is 17.0 Å². The molecule has 0 radical (unpaired) electrons. The molecule has 1 amide bonds. The molecule has 2 saturated heterocycles. The van der Waals surface area contributed by atoms with E-state index in [0.717, 1.165) is 45.7 Å². The number of hydrogen-bond donors (Lipinski definition) is 1. The monoisotopic (exact) mass is 341 g/mol. The second-order valence-corrected chi connectivity index (χ2v) is 6.62. The van der Waals surface area contributed by atoms with Gasteiger partial charge in [0.15, 0.2) is 0 Å². The molecule has 2 aliphatic heterocycles. The Morgan fingerprint density at radius 3 is 2.62 bits per heavy atom. The molecule has 1 unspecified atom stereocenters. The summed E-state index contributed by atoms with van der Waals surface area (Å²) in [6, 6.07) is 0.419.